The van der Waals surface area contributed by atoms with Crippen LogP contribution in [0.1, 0.15) is 10.4 Å². The summed E-state index contributed by atoms with van der Waals surface area (Å²) in [7, 11) is 1.55. The highest BCUT2D eigenvalue weighted by Crippen LogP contribution is 2.23. The summed E-state index contributed by atoms with van der Waals surface area (Å²) in [6.07, 6.45) is 0. The maximum Gasteiger partial charge on any atom is 0.269 e. The van der Waals surface area contributed by atoms with Gasteiger partial charge in [-0.2, -0.15) is 0 Å². The van der Waals surface area contributed by atoms with Crippen molar-refractivity contribution in [2.75, 3.05) is 12.9 Å². The summed E-state index contributed by atoms with van der Waals surface area (Å²) in [6.45, 7) is 0. The number of rotatable bonds is 6. The molecule has 21 heavy (non-hydrogen) atoms. The minimum absolute atomic E-state index is 0.0164. The Labute approximate surface area is 126 Å². The van der Waals surface area contributed by atoms with Crippen molar-refractivity contribution in [3.05, 3.63) is 64.2 Å². The molecule has 0 radical (unpaired) electrons. The number of nitro benzene ring substituents is 1. The number of benzene rings is 2. The Morgan fingerprint density at radius 2 is 1.95 bits per heavy atom. The van der Waals surface area contributed by atoms with E-state index in [2.05, 4.69) is 0 Å². The number of carbonyl (C=O) groups excluding carboxylic acids is 1. The maximum atomic E-state index is 12.1. The standard InChI is InChI=1S/C15H13NO4S/c1-20-13-4-2-3-11(9-13)15(17)10-21-14-7-5-12(6-8-14)16(18)19/h2-9H,10H2,1H3. The van der Waals surface area contributed by atoms with E-state index in [1.807, 2.05) is 0 Å². The van der Waals surface area contributed by atoms with E-state index in [-0.39, 0.29) is 17.2 Å². The van der Waals surface area contributed by atoms with Crippen LogP contribution in [-0.4, -0.2) is 23.6 Å². The van der Waals surface area contributed by atoms with Crippen molar-refractivity contribution >= 4 is 23.2 Å². The van der Waals surface area contributed by atoms with Crippen molar-refractivity contribution in [1.29, 1.82) is 0 Å². The molecule has 108 valence electrons. The van der Waals surface area contributed by atoms with Gasteiger partial charge in [0.05, 0.1) is 17.8 Å². The number of non-ortho nitro benzene ring substituents is 1. The average molecular weight is 303 g/mol. The molecule has 2 aromatic carbocycles. The lowest BCUT2D eigenvalue weighted by Crippen LogP contribution is -2.02. The molecule has 0 atom stereocenters. The third kappa shape index (κ3) is 4.06. The minimum atomic E-state index is -0.449. The summed E-state index contributed by atoms with van der Waals surface area (Å²) in [6, 6.07) is 13.1. The second-order valence-corrected chi connectivity index (χ2v) is 5.24. The monoisotopic (exact) mass is 303 g/mol. The summed E-state index contributed by atoms with van der Waals surface area (Å²) in [5.74, 6) is 0.892. The van der Waals surface area contributed by atoms with E-state index in [4.69, 9.17) is 4.74 Å². The normalized spacial score (nSPS) is 10.1. The summed E-state index contributed by atoms with van der Waals surface area (Å²) in [5.41, 5.74) is 0.627. The van der Waals surface area contributed by atoms with Gasteiger partial charge in [-0.3, -0.25) is 14.9 Å². The third-order valence-electron chi connectivity index (χ3n) is 2.81. The molecule has 0 unspecified atom stereocenters. The summed E-state index contributed by atoms with van der Waals surface area (Å²) in [4.78, 5) is 23.0. The number of ketones is 1. The van der Waals surface area contributed by atoms with Gasteiger partial charge in [0.25, 0.3) is 5.69 Å². The Kier molecular flexibility index (Phi) is 4.94. The Morgan fingerprint density at radius 1 is 1.24 bits per heavy atom. The van der Waals surface area contributed by atoms with Crippen LogP contribution in [0.25, 0.3) is 0 Å². The van der Waals surface area contributed by atoms with Gasteiger partial charge in [-0.15, -0.1) is 11.8 Å². The first-order valence-electron chi connectivity index (χ1n) is 6.14. The lowest BCUT2D eigenvalue weighted by atomic mass is 10.1. The van der Waals surface area contributed by atoms with Crippen LogP contribution in [0.5, 0.6) is 5.75 Å². The van der Waals surface area contributed by atoms with E-state index >= 15 is 0 Å². The molecular formula is C15H13NO4S. The number of Topliss-reactive ketones (excluding diaryl/α,β-unsaturated/α-hetero) is 1. The van der Waals surface area contributed by atoms with Crippen LogP contribution in [0.2, 0.25) is 0 Å². The minimum Gasteiger partial charge on any atom is -0.497 e. The van der Waals surface area contributed by atoms with Gasteiger partial charge < -0.3 is 4.74 Å². The molecule has 2 aromatic rings. The van der Waals surface area contributed by atoms with E-state index in [0.29, 0.717) is 11.3 Å². The van der Waals surface area contributed by atoms with E-state index < -0.39 is 4.92 Å². The van der Waals surface area contributed by atoms with Gasteiger partial charge in [0.15, 0.2) is 5.78 Å². The highest BCUT2D eigenvalue weighted by molar-refractivity contribution is 8.00. The molecule has 0 amide bonds. The van der Waals surface area contributed by atoms with Gasteiger partial charge in [0.1, 0.15) is 5.75 Å². The molecule has 0 heterocycles. The van der Waals surface area contributed by atoms with Crippen LogP contribution < -0.4 is 4.74 Å². The summed E-state index contributed by atoms with van der Waals surface area (Å²) < 4.78 is 5.08. The van der Waals surface area contributed by atoms with Gasteiger partial charge in [0.2, 0.25) is 0 Å². The second-order valence-electron chi connectivity index (χ2n) is 4.19. The first-order chi connectivity index (χ1) is 10.1. The number of carbonyl (C=O) groups is 1. The molecule has 0 aliphatic rings. The molecule has 0 fully saturated rings. The lowest BCUT2D eigenvalue weighted by molar-refractivity contribution is -0.384. The molecule has 0 saturated carbocycles. The van der Waals surface area contributed by atoms with Gasteiger partial charge in [-0.1, -0.05) is 12.1 Å². The molecule has 5 nitrogen and oxygen atoms in total. The molecule has 0 N–H and O–H groups in total. The van der Waals surface area contributed by atoms with Crippen LogP contribution in [0, 0.1) is 10.1 Å². The van der Waals surface area contributed by atoms with Crippen molar-refractivity contribution in [3.63, 3.8) is 0 Å². The predicted octanol–water partition coefficient (Wildman–Crippen LogP) is 3.58. The molecule has 0 spiro atoms. The number of hydrogen-bond acceptors (Lipinski definition) is 5. The van der Waals surface area contributed by atoms with Crippen LogP contribution in [0.4, 0.5) is 5.69 Å². The summed E-state index contributed by atoms with van der Waals surface area (Å²) >= 11 is 1.34. The Hall–Kier alpha value is -2.34. The van der Waals surface area contributed by atoms with Gasteiger partial charge >= 0.3 is 0 Å². The topological polar surface area (TPSA) is 69.4 Å². The molecule has 0 aromatic heterocycles. The van der Waals surface area contributed by atoms with Crippen LogP contribution in [-0.2, 0) is 0 Å². The third-order valence-corrected chi connectivity index (χ3v) is 3.82. The van der Waals surface area contributed by atoms with E-state index in [0.717, 1.165) is 4.90 Å². The highest BCUT2D eigenvalue weighted by Gasteiger charge is 2.09. The Morgan fingerprint density at radius 3 is 2.57 bits per heavy atom. The number of nitrogens with zero attached hydrogens (tertiary/aromatic N) is 1. The van der Waals surface area contributed by atoms with Crippen molar-refractivity contribution in [3.8, 4) is 5.75 Å². The zero-order valence-electron chi connectivity index (χ0n) is 11.3. The van der Waals surface area contributed by atoms with Crippen molar-refractivity contribution in [2.24, 2.45) is 0 Å². The van der Waals surface area contributed by atoms with E-state index in [1.54, 1.807) is 43.5 Å². The predicted molar refractivity (Wildman–Crippen MR) is 81.1 cm³/mol. The van der Waals surface area contributed by atoms with E-state index in [9.17, 15) is 14.9 Å². The largest absolute Gasteiger partial charge is 0.497 e. The molecule has 0 aliphatic carbocycles. The van der Waals surface area contributed by atoms with Crippen molar-refractivity contribution in [1.82, 2.24) is 0 Å². The number of ether oxygens (including phenoxy) is 1. The van der Waals surface area contributed by atoms with Crippen LogP contribution in [0.3, 0.4) is 0 Å². The molecule has 0 bridgehead atoms. The van der Waals surface area contributed by atoms with Gasteiger partial charge in [-0.05, 0) is 24.3 Å². The first-order valence-corrected chi connectivity index (χ1v) is 7.13. The first kappa shape index (κ1) is 15.1. The molecular weight excluding hydrogens is 290 g/mol. The number of nitro groups is 1. The Balaban J connectivity index is 1.98. The molecule has 6 heteroatoms. The lowest BCUT2D eigenvalue weighted by Gasteiger charge is -2.04. The average Bonchev–Trinajstić information content (AvgIpc) is 2.53. The smallest absolute Gasteiger partial charge is 0.269 e. The Bertz CT molecular complexity index is 655. The van der Waals surface area contributed by atoms with Gasteiger partial charge in [0, 0.05) is 22.6 Å². The molecule has 0 saturated heterocycles. The van der Waals surface area contributed by atoms with Crippen LogP contribution in [0.15, 0.2) is 53.4 Å². The zero-order chi connectivity index (χ0) is 15.2. The highest BCUT2D eigenvalue weighted by atomic mass is 32.2. The van der Waals surface area contributed by atoms with Crippen molar-refractivity contribution < 1.29 is 14.5 Å². The fourth-order valence-corrected chi connectivity index (χ4v) is 2.49. The SMILES string of the molecule is COc1cccc(C(=O)CSc2ccc([N+](=O)[O-])cc2)c1. The zero-order valence-corrected chi connectivity index (χ0v) is 12.1. The fourth-order valence-electron chi connectivity index (χ4n) is 1.69. The van der Waals surface area contributed by atoms with Gasteiger partial charge in [-0.25, -0.2) is 0 Å². The second kappa shape index (κ2) is 6.90. The maximum absolute atomic E-state index is 12.1. The molecule has 0 aliphatic heterocycles. The van der Waals surface area contributed by atoms with Crippen molar-refractivity contribution in [2.45, 2.75) is 4.90 Å². The fraction of sp³-hybridized carbons (Fsp3) is 0.133. The number of hydrogen-bond donors (Lipinski definition) is 0. The molecule has 2 rings (SSSR count). The number of thioether (sulfide) groups is 1. The number of methoxy groups -OCH3 is 1. The van der Waals surface area contributed by atoms with E-state index in [1.165, 1.54) is 23.9 Å². The van der Waals surface area contributed by atoms with Crippen LogP contribution >= 0.6 is 11.8 Å². The quantitative estimate of drug-likeness (QED) is 0.353. The summed E-state index contributed by atoms with van der Waals surface area (Å²) in [5, 5.41) is 10.6.